The van der Waals surface area contributed by atoms with Gasteiger partial charge in [0.2, 0.25) is 11.8 Å². The molecule has 0 saturated carbocycles. The van der Waals surface area contributed by atoms with Crippen LogP contribution in [0.5, 0.6) is 0 Å². The molecule has 0 aromatic heterocycles. The molecular weight excluding hydrogens is 308 g/mol. The second-order valence-corrected chi connectivity index (χ2v) is 4.77. The van der Waals surface area contributed by atoms with E-state index in [2.05, 4.69) is 23.8 Å². The van der Waals surface area contributed by atoms with Crippen molar-refractivity contribution in [1.82, 2.24) is 10.6 Å². The summed E-state index contributed by atoms with van der Waals surface area (Å²) in [7, 11) is 0. The van der Waals surface area contributed by atoms with Gasteiger partial charge in [-0.25, -0.2) is 4.79 Å². The summed E-state index contributed by atoms with van der Waals surface area (Å²) in [5.74, 6) is -7.82. The van der Waals surface area contributed by atoms with Crippen molar-refractivity contribution < 1.29 is 34.1 Å². The first kappa shape index (κ1) is 18.4. The van der Waals surface area contributed by atoms with Crippen molar-refractivity contribution in [2.24, 2.45) is 11.8 Å². The third-order valence-electron chi connectivity index (χ3n) is 3.26. The molecule has 126 valence electrons. The number of rotatable bonds is 8. The number of aliphatic carboxylic acids is 2. The molecule has 4 atom stereocenters. The summed E-state index contributed by atoms with van der Waals surface area (Å²) in [6.45, 7) is 6.92. The molecule has 4 N–H and O–H groups in total. The maximum Gasteiger partial charge on any atom is 0.333 e. The van der Waals surface area contributed by atoms with E-state index in [1.165, 1.54) is 12.2 Å². The molecule has 4 unspecified atom stereocenters. The molecule has 1 aliphatic rings. The molecule has 23 heavy (non-hydrogen) atoms. The number of carbonyl (C=O) groups excluding carboxylic acids is 2. The lowest BCUT2D eigenvalue weighted by Gasteiger charge is -2.19. The molecule has 9 heteroatoms. The molecule has 1 aliphatic heterocycles. The first-order chi connectivity index (χ1) is 10.8. The van der Waals surface area contributed by atoms with Gasteiger partial charge in [-0.2, -0.15) is 0 Å². The number of ether oxygens (including phenoxy) is 1. The SMILES string of the molecule is C=CCNC(=O)C1OC(C(=O)O)C(C(=O)O)C1C(=O)NCC=C. The van der Waals surface area contributed by atoms with Gasteiger partial charge < -0.3 is 25.6 Å². The number of hydrogen-bond acceptors (Lipinski definition) is 5. The molecule has 1 saturated heterocycles. The lowest BCUT2D eigenvalue weighted by atomic mass is 9.85. The quantitative estimate of drug-likeness (QED) is 0.409. The molecule has 1 rings (SSSR count). The normalized spacial score (nSPS) is 26.1. The summed E-state index contributed by atoms with van der Waals surface area (Å²) in [4.78, 5) is 46.8. The fourth-order valence-corrected chi connectivity index (χ4v) is 2.29. The molecular formula is C14H18N2O7. The van der Waals surface area contributed by atoms with Crippen molar-refractivity contribution in [3.05, 3.63) is 25.3 Å². The zero-order valence-electron chi connectivity index (χ0n) is 12.2. The van der Waals surface area contributed by atoms with Gasteiger partial charge in [0, 0.05) is 13.1 Å². The van der Waals surface area contributed by atoms with Gasteiger partial charge in [-0.15, -0.1) is 13.2 Å². The van der Waals surface area contributed by atoms with Gasteiger partial charge >= 0.3 is 11.9 Å². The van der Waals surface area contributed by atoms with E-state index in [0.29, 0.717) is 0 Å². The molecule has 0 aromatic rings. The van der Waals surface area contributed by atoms with Crippen LogP contribution in [-0.2, 0) is 23.9 Å². The van der Waals surface area contributed by atoms with Crippen LogP contribution in [0.1, 0.15) is 0 Å². The Kier molecular flexibility index (Phi) is 6.46. The number of carboxylic acids is 2. The van der Waals surface area contributed by atoms with Crippen LogP contribution < -0.4 is 10.6 Å². The predicted molar refractivity (Wildman–Crippen MR) is 77.3 cm³/mol. The van der Waals surface area contributed by atoms with Gasteiger partial charge in [-0.3, -0.25) is 14.4 Å². The van der Waals surface area contributed by atoms with Crippen molar-refractivity contribution in [1.29, 1.82) is 0 Å². The Morgan fingerprint density at radius 3 is 1.83 bits per heavy atom. The summed E-state index contributed by atoms with van der Waals surface area (Å²) in [5, 5.41) is 23.1. The Morgan fingerprint density at radius 2 is 1.39 bits per heavy atom. The average molecular weight is 326 g/mol. The van der Waals surface area contributed by atoms with Crippen molar-refractivity contribution >= 4 is 23.8 Å². The van der Waals surface area contributed by atoms with E-state index in [-0.39, 0.29) is 13.1 Å². The highest BCUT2D eigenvalue weighted by molar-refractivity contribution is 5.96. The number of carbonyl (C=O) groups is 4. The molecule has 0 spiro atoms. The minimum atomic E-state index is -1.80. The maximum absolute atomic E-state index is 12.2. The molecule has 2 amide bonds. The van der Waals surface area contributed by atoms with Crippen molar-refractivity contribution in [2.45, 2.75) is 12.2 Å². The number of nitrogens with one attached hydrogen (secondary N) is 2. The monoisotopic (exact) mass is 326 g/mol. The maximum atomic E-state index is 12.2. The number of hydrogen-bond donors (Lipinski definition) is 4. The largest absolute Gasteiger partial charge is 0.481 e. The second kappa shape index (κ2) is 8.08. The zero-order chi connectivity index (χ0) is 17.6. The molecule has 9 nitrogen and oxygen atoms in total. The molecule has 0 radical (unpaired) electrons. The van der Waals surface area contributed by atoms with E-state index in [9.17, 15) is 24.3 Å². The Bertz CT molecular complexity index is 531. The molecule has 0 aromatic carbocycles. The van der Waals surface area contributed by atoms with Gasteiger partial charge in [0.1, 0.15) is 12.0 Å². The van der Waals surface area contributed by atoms with E-state index >= 15 is 0 Å². The van der Waals surface area contributed by atoms with Crippen LogP contribution >= 0.6 is 0 Å². The van der Waals surface area contributed by atoms with Crippen molar-refractivity contribution in [3.63, 3.8) is 0 Å². The minimum absolute atomic E-state index is 0.0421. The summed E-state index contributed by atoms with van der Waals surface area (Å²) in [6, 6.07) is 0. The summed E-state index contributed by atoms with van der Waals surface area (Å²) < 4.78 is 5.06. The van der Waals surface area contributed by atoms with Gasteiger partial charge in [0.15, 0.2) is 6.10 Å². The Labute approximate surface area is 132 Å². The minimum Gasteiger partial charge on any atom is -0.481 e. The van der Waals surface area contributed by atoms with Gasteiger partial charge in [-0.1, -0.05) is 12.2 Å². The Morgan fingerprint density at radius 1 is 0.870 bits per heavy atom. The molecule has 0 aliphatic carbocycles. The van der Waals surface area contributed by atoms with E-state index < -0.39 is 47.8 Å². The first-order valence-corrected chi connectivity index (χ1v) is 6.73. The van der Waals surface area contributed by atoms with E-state index in [1.807, 2.05) is 0 Å². The van der Waals surface area contributed by atoms with E-state index in [1.54, 1.807) is 0 Å². The highest BCUT2D eigenvalue weighted by Crippen LogP contribution is 2.34. The molecule has 1 fully saturated rings. The summed E-state index contributed by atoms with van der Waals surface area (Å²) in [6.07, 6.45) is -0.582. The van der Waals surface area contributed by atoms with Gasteiger partial charge in [0.05, 0.1) is 5.92 Å². The molecule has 0 bridgehead atoms. The first-order valence-electron chi connectivity index (χ1n) is 6.73. The highest BCUT2D eigenvalue weighted by atomic mass is 16.5. The van der Waals surface area contributed by atoms with Crippen molar-refractivity contribution in [3.8, 4) is 0 Å². The predicted octanol–water partition coefficient (Wildman–Crippen LogP) is -1.24. The van der Waals surface area contributed by atoms with Crippen LogP contribution in [-0.4, -0.2) is 59.3 Å². The second-order valence-electron chi connectivity index (χ2n) is 4.77. The molecule has 1 heterocycles. The number of carboxylic acid groups (broad SMARTS) is 2. The lowest BCUT2D eigenvalue weighted by molar-refractivity contribution is -0.159. The van der Waals surface area contributed by atoms with Gasteiger partial charge in [-0.05, 0) is 0 Å². The zero-order valence-corrected chi connectivity index (χ0v) is 12.2. The van der Waals surface area contributed by atoms with Crippen LogP contribution in [0.15, 0.2) is 25.3 Å². The van der Waals surface area contributed by atoms with Gasteiger partial charge in [0.25, 0.3) is 0 Å². The fourth-order valence-electron chi connectivity index (χ4n) is 2.29. The van der Waals surface area contributed by atoms with Crippen LogP contribution in [0.2, 0.25) is 0 Å². The highest BCUT2D eigenvalue weighted by Gasteiger charge is 2.57. The average Bonchev–Trinajstić information content (AvgIpc) is 2.91. The fraction of sp³-hybridized carbons (Fsp3) is 0.429. The van der Waals surface area contributed by atoms with Crippen LogP contribution in [0.3, 0.4) is 0 Å². The van der Waals surface area contributed by atoms with E-state index in [4.69, 9.17) is 9.84 Å². The third-order valence-corrected chi connectivity index (χ3v) is 3.26. The van der Waals surface area contributed by atoms with Crippen LogP contribution in [0.25, 0.3) is 0 Å². The van der Waals surface area contributed by atoms with Crippen LogP contribution in [0.4, 0.5) is 0 Å². The Hall–Kier alpha value is -2.68. The summed E-state index contributed by atoms with van der Waals surface area (Å²) in [5.41, 5.74) is 0. The lowest BCUT2D eigenvalue weighted by Crippen LogP contribution is -2.47. The van der Waals surface area contributed by atoms with Crippen molar-refractivity contribution in [2.75, 3.05) is 13.1 Å². The summed E-state index contributed by atoms with van der Waals surface area (Å²) >= 11 is 0. The topological polar surface area (TPSA) is 142 Å². The Balaban J connectivity index is 3.13. The third kappa shape index (κ3) is 4.16. The standard InChI is InChI=1S/C14H18N2O7/c1-3-5-15-11(17)7-8(13(19)20)10(14(21)22)23-9(7)12(18)16-6-4-2/h3-4,7-10H,1-2,5-6H2,(H,15,17)(H,16,18)(H,19,20)(H,21,22). The number of amides is 2. The van der Waals surface area contributed by atoms with E-state index in [0.717, 1.165) is 0 Å². The van der Waals surface area contributed by atoms with Crippen LogP contribution in [0, 0.1) is 11.8 Å². The smallest absolute Gasteiger partial charge is 0.333 e.